The normalized spacial score (nSPS) is 17.4. The molecule has 222 valence electrons. The molecule has 2 atom stereocenters. The Morgan fingerprint density at radius 3 is 2.17 bits per heavy atom. The number of amides is 3. The molecule has 42 heavy (non-hydrogen) atoms. The van der Waals surface area contributed by atoms with Gasteiger partial charge in [0.25, 0.3) is 5.91 Å². The van der Waals surface area contributed by atoms with Gasteiger partial charge >= 0.3 is 12.1 Å². The molecule has 3 amide bonds. The predicted octanol–water partition coefficient (Wildman–Crippen LogP) is 8.51. The molecule has 0 aromatic heterocycles. The maximum Gasteiger partial charge on any atom is 0.471 e. The molecule has 1 aliphatic carbocycles. The maximum atomic E-state index is 14.8. The van der Waals surface area contributed by atoms with Crippen LogP contribution in [0.5, 0.6) is 0 Å². The second-order valence-corrected chi connectivity index (χ2v) is 11.8. The van der Waals surface area contributed by atoms with Crippen molar-refractivity contribution >= 4 is 92.8 Å². The smallest absolute Gasteiger partial charge is 0.326 e. The van der Waals surface area contributed by atoms with E-state index < -0.39 is 63.1 Å². The van der Waals surface area contributed by atoms with E-state index >= 15 is 0 Å². The fourth-order valence-corrected chi connectivity index (χ4v) is 5.47. The minimum atomic E-state index is -5.43. The zero-order valence-corrected chi connectivity index (χ0v) is 24.5. The zero-order valence-electron chi connectivity index (χ0n) is 20.7. The Labute approximate surface area is 259 Å². The zero-order chi connectivity index (χ0) is 31.3. The van der Waals surface area contributed by atoms with Gasteiger partial charge in [0, 0.05) is 11.6 Å². The molecule has 0 heterocycles. The topological polar surface area (TPSA) is 87.3 Å². The van der Waals surface area contributed by atoms with Crippen molar-refractivity contribution in [3.63, 3.8) is 0 Å². The molecule has 16 heteroatoms. The number of hydrogen-bond donors (Lipinski definition) is 3. The number of benzene rings is 3. The van der Waals surface area contributed by atoms with Gasteiger partial charge in [-0.25, -0.2) is 8.78 Å². The number of hydrogen-bond acceptors (Lipinski definition) is 3. The molecule has 0 spiro atoms. The van der Waals surface area contributed by atoms with Crippen molar-refractivity contribution < 1.29 is 36.3 Å². The van der Waals surface area contributed by atoms with Gasteiger partial charge in [0.05, 0.1) is 32.2 Å². The highest BCUT2D eigenvalue weighted by atomic mass is 35.5. The van der Waals surface area contributed by atoms with Crippen LogP contribution in [0.4, 0.5) is 39.0 Å². The van der Waals surface area contributed by atoms with Crippen LogP contribution in [0.15, 0.2) is 42.5 Å². The lowest BCUT2D eigenvalue weighted by molar-refractivity contribution is -0.167. The third-order valence-electron chi connectivity index (χ3n) is 6.24. The first-order chi connectivity index (χ1) is 19.4. The number of rotatable bonds is 6. The molecule has 4 rings (SSSR count). The average Bonchev–Trinajstić information content (AvgIpc) is 3.48. The van der Waals surface area contributed by atoms with Crippen molar-refractivity contribution in [2.24, 2.45) is 5.92 Å². The summed E-state index contributed by atoms with van der Waals surface area (Å²) in [6.07, 6.45) is -5.43. The summed E-state index contributed by atoms with van der Waals surface area (Å²) in [4.78, 5) is 37.3. The minimum absolute atomic E-state index is 0.0775. The van der Waals surface area contributed by atoms with Crippen LogP contribution in [0.25, 0.3) is 0 Å². The van der Waals surface area contributed by atoms with E-state index in [1.807, 2.05) is 0 Å². The number of halogens is 10. The van der Waals surface area contributed by atoms with Crippen molar-refractivity contribution in [2.75, 3.05) is 16.0 Å². The SMILES string of the molecule is Cc1cc(NC(=O)C2[C@H](c3ccc(Cl)c(Cl)c3)C2(Cl)Cl)cc(C(=O)Nc2ccc(F)c(NC(=O)C(F)(F)F)c2F)c1Cl. The first kappa shape index (κ1) is 32.1. The fraction of sp³-hybridized carbons (Fsp3) is 0.192. The Hall–Kier alpha value is -2.83. The summed E-state index contributed by atoms with van der Waals surface area (Å²) in [5.74, 6) is -9.07. The van der Waals surface area contributed by atoms with E-state index in [2.05, 4.69) is 10.6 Å². The summed E-state index contributed by atoms with van der Waals surface area (Å²) in [5, 5.41) is 6.17. The number of anilines is 3. The molecule has 1 fully saturated rings. The van der Waals surface area contributed by atoms with Gasteiger partial charge in [-0.2, -0.15) is 13.2 Å². The molecular weight excluding hydrogens is 675 g/mol. The lowest BCUT2D eigenvalue weighted by Gasteiger charge is -2.15. The Balaban J connectivity index is 1.56. The van der Waals surface area contributed by atoms with E-state index in [1.165, 1.54) is 25.1 Å². The van der Waals surface area contributed by atoms with Crippen molar-refractivity contribution in [1.29, 1.82) is 0 Å². The van der Waals surface area contributed by atoms with Crippen LogP contribution < -0.4 is 16.0 Å². The molecule has 3 aromatic carbocycles. The van der Waals surface area contributed by atoms with Crippen LogP contribution in [0, 0.1) is 24.5 Å². The highest BCUT2D eigenvalue weighted by Gasteiger charge is 2.67. The summed E-state index contributed by atoms with van der Waals surface area (Å²) in [5.41, 5.74) is -1.53. The van der Waals surface area contributed by atoms with Gasteiger partial charge in [-0.3, -0.25) is 14.4 Å². The average molecular weight is 690 g/mol. The number of carbonyl (C=O) groups excluding carboxylic acids is 3. The van der Waals surface area contributed by atoms with Crippen molar-refractivity contribution in [1.82, 2.24) is 0 Å². The lowest BCUT2D eigenvalue weighted by Crippen LogP contribution is -2.31. The molecule has 1 unspecified atom stereocenters. The summed E-state index contributed by atoms with van der Waals surface area (Å²) < 4.78 is 65.1. The van der Waals surface area contributed by atoms with Gasteiger partial charge in [0.2, 0.25) is 5.91 Å². The molecule has 3 N–H and O–H groups in total. The van der Waals surface area contributed by atoms with Crippen molar-refractivity contribution in [3.8, 4) is 0 Å². The van der Waals surface area contributed by atoms with Gasteiger partial charge in [0.15, 0.2) is 5.82 Å². The first-order valence-corrected chi connectivity index (χ1v) is 13.4. The summed E-state index contributed by atoms with van der Waals surface area (Å²) in [6.45, 7) is 1.50. The van der Waals surface area contributed by atoms with Gasteiger partial charge in [-0.1, -0.05) is 40.9 Å². The van der Waals surface area contributed by atoms with Crippen LogP contribution in [0.2, 0.25) is 15.1 Å². The van der Waals surface area contributed by atoms with E-state index in [1.54, 1.807) is 6.07 Å². The number of alkyl halides is 5. The number of nitrogens with one attached hydrogen (secondary N) is 3. The summed E-state index contributed by atoms with van der Waals surface area (Å²) in [7, 11) is 0. The monoisotopic (exact) mass is 687 g/mol. The third-order valence-corrected chi connectivity index (χ3v) is 8.42. The molecule has 0 aliphatic heterocycles. The van der Waals surface area contributed by atoms with Crippen LogP contribution in [0.3, 0.4) is 0 Å². The highest BCUT2D eigenvalue weighted by Crippen LogP contribution is 2.65. The molecule has 3 aromatic rings. The second-order valence-electron chi connectivity index (χ2n) is 9.14. The van der Waals surface area contributed by atoms with E-state index in [0.29, 0.717) is 22.2 Å². The van der Waals surface area contributed by atoms with Crippen LogP contribution in [0.1, 0.15) is 27.4 Å². The molecule has 0 radical (unpaired) electrons. The van der Waals surface area contributed by atoms with E-state index in [4.69, 9.17) is 58.0 Å². The molecule has 1 aliphatic rings. The summed E-state index contributed by atoms with van der Waals surface area (Å²) >= 11 is 31.0. The summed E-state index contributed by atoms with van der Waals surface area (Å²) in [6, 6.07) is 8.53. The third kappa shape index (κ3) is 6.40. The fourth-order valence-electron chi connectivity index (χ4n) is 4.14. The van der Waals surface area contributed by atoms with Crippen molar-refractivity contribution in [3.05, 3.63) is 85.9 Å². The van der Waals surface area contributed by atoms with Gasteiger partial charge in [-0.05, 0) is 54.4 Å². The highest BCUT2D eigenvalue weighted by molar-refractivity contribution is 6.53. The van der Waals surface area contributed by atoms with E-state index in [0.717, 1.165) is 17.4 Å². The van der Waals surface area contributed by atoms with Crippen molar-refractivity contribution in [2.45, 2.75) is 23.4 Å². The molecule has 6 nitrogen and oxygen atoms in total. The molecule has 0 bridgehead atoms. The van der Waals surface area contributed by atoms with Crippen LogP contribution in [-0.4, -0.2) is 28.2 Å². The predicted molar refractivity (Wildman–Crippen MR) is 151 cm³/mol. The van der Waals surface area contributed by atoms with Crippen LogP contribution >= 0.6 is 58.0 Å². The lowest BCUT2D eigenvalue weighted by atomic mass is 10.1. The number of carbonyl (C=O) groups is 3. The van der Waals surface area contributed by atoms with Gasteiger partial charge < -0.3 is 16.0 Å². The molecule has 0 saturated heterocycles. The standard InChI is InChI=1S/C26H15Cl5F5N3O3/c1-9-6-11(37-23(41)18-17(25(18,30)31)10-2-3-13(27)14(28)7-10)8-12(19(9)29)22(40)38-16-5-4-15(32)21(20(16)33)39-24(42)26(34,35)36/h2-8,17-18H,1H3,(H,37,41)(H,38,40)(H,39,42)/t17-,18?/m0/s1. The van der Waals surface area contributed by atoms with E-state index in [-0.39, 0.29) is 21.3 Å². The molecule has 1 saturated carbocycles. The van der Waals surface area contributed by atoms with Crippen LogP contribution in [-0.2, 0) is 9.59 Å². The largest absolute Gasteiger partial charge is 0.471 e. The van der Waals surface area contributed by atoms with Gasteiger partial charge in [0.1, 0.15) is 15.8 Å². The Kier molecular flexibility index (Phi) is 8.93. The number of aryl methyl sites for hydroxylation is 1. The quantitative estimate of drug-likeness (QED) is 0.179. The molecular formula is C26H15Cl5F5N3O3. The van der Waals surface area contributed by atoms with E-state index in [9.17, 15) is 36.3 Å². The Morgan fingerprint density at radius 1 is 0.881 bits per heavy atom. The Morgan fingerprint density at radius 2 is 1.55 bits per heavy atom. The second kappa shape index (κ2) is 11.7. The minimum Gasteiger partial charge on any atom is -0.326 e. The van der Waals surface area contributed by atoms with Gasteiger partial charge in [-0.15, -0.1) is 23.2 Å². The maximum absolute atomic E-state index is 14.8. The first-order valence-electron chi connectivity index (χ1n) is 11.5. The Bertz CT molecular complexity index is 1630.